The topological polar surface area (TPSA) is 38.0 Å². The van der Waals surface area contributed by atoms with Crippen LogP contribution in [-0.4, -0.2) is 0 Å². The second kappa shape index (κ2) is 4.53. The molecule has 0 bridgehead atoms. The third-order valence-corrected chi connectivity index (χ3v) is 3.53. The average molecular weight is 260 g/mol. The Kier molecular flexibility index (Phi) is 2.85. The monoisotopic (exact) mass is 260 g/mol. The van der Waals surface area contributed by atoms with Crippen LogP contribution in [0.1, 0.15) is 23.6 Å². The highest BCUT2D eigenvalue weighted by molar-refractivity contribution is 5.53. The molecule has 0 saturated carbocycles. The van der Waals surface area contributed by atoms with E-state index in [1.165, 1.54) is 18.2 Å². The molecule has 1 unspecified atom stereocenters. The van der Waals surface area contributed by atoms with Gasteiger partial charge in [0.05, 0.1) is 6.04 Å². The number of hydrogen-bond acceptors (Lipinski definition) is 2. The molecule has 1 aliphatic carbocycles. The number of para-hydroxylation sites is 1. The summed E-state index contributed by atoms with van der Waals surface area (Å²) in [5, 5.41) is 2.96. The number of nitrogens with two attached hydrogens (primary N) is 1. The van der Waals surface area contributed by atoms with Crippen molar-refractivity contribution in [2.24, 2.45) is 0 Å². The number of nitrogens with one attached hydrogen (secondary N) is 1. The van der Waals surface area contributed by atoms with Gasteiger partial charge in [0.15, 0.2) is 0 Å². The van der Waals surface area contributed by atoms with Crippen molar-refractivity contribution in [3.05, 3.63) is 59.2 Å². The highest BCUT2D eigenvalue weighted by atomic mass is 19.1. The van der Waals surface area contributed by atoms with Crippen LogP contribution in [0.4, 0.5) is 20.2 Å². The normalized spacial score (nSPS) is 17.3. The zero-order valence-electron chi connectivity index (χ0n) is 10.3. The number of aryl methyl sites for hydroxylation is 1. The SMILES string of the molecule is Nc1ccc2c(c1)CCC2Nc1c(F)cccc1F. The molecule has 0 amide bonds. The average Bonchev–Trinajstić information content (AvgIpc) is 2.76. The Labute approximate surface area is 110 Å². The van der Waals surface area contributed by atoms with E-state index in [1.54, 1.807) is 0 Å². The molecule has 1 atom stereocenters. The predicted molar refractivity (Wildman–Crippen MR) is 71.9 cm³/mol. The van der Waals surface area contributed by atoms with Crippen molar-refractivity contribution in [1.29, 1.82) is 0 Å². The second-order valence-corrected chi connectivity index (χ2v) is 4.79. The van der Waals surface area contributed by atoms with Gasteiger partial charge in [-0.1, -0.05) is 12.1 Å². The Morgan fingerprint density at radius 1 is 1.11 bits per heavy atom. The molecule has 3 N–H and O–H groups in total. The molecule has 98 valence electrons. The number of nitrogen functional groups attached to an aromatic ring is 1. The van der Waals surface area contributed by atoms with Crippen molar-refractivity contribution in [2.45, 2.75) is 18.9 Å². The van der Waals surface area contributed by atoms with Crippen LogP contribution in [0.2, 0.25) is 0 Å². The van der Waals surface area contributed by atoms with Gasteiger partial charge in [0.1, 0.15) is 17.3 Å². The molecular formula is C15H14F2N2. The Hall–Kier alpha value is -2.10. The van der Waals surface area contributed by atoms with Crippen molar-refractivity contribution >= 4 is 11.4 Å². The highest BCUT2D eigenvalue weighted by Crippen LogP contribution is 2.35. The van der Waals surface area contributed by atoms with Crippen LogP contribution in [-0.2, 0) is 6.42 Å². The molecule has 0 heterocycles. The summed E-state index contributed by atoms with van der Waals surface area (Å²) in [6.07, 6.45) is 1.68. The summed E-state index contributed by atoms with van der Waals surface area (Å²) in [5.74, 6) is -1.13. The van der Waals surface area contributed by atoms with Gasteiger partial charge in [-0.2, -0.15) is 0 Å². The number of halogens is 2. The van der Waals surface area contributed by atoms with E-state index in [1.807, 2.05) is 18.2 Å². The lowest BCUT2D eigenvalue weighted by atomic mass is 10.1. The van der Waals surface area contributed by atoms with Crippen molar-refractivity contribution < 1.29 is 8.78 Å². The van der Waals surface area contributed by atoms with Crippen molar-refractivity contribution in [1.82, 2.24) is 0 Å². The van der Waals surface area contributed by atoms with Gasteiger partial charge in [-0.15, -0.1) is 0 Å². The molecule has 0 aromatic heterocycles. The lowest BCUT2D eigenvalue weighted by Gasteiger charge is -2.16. The maximum Gasteiger partial charge on any atom is 0.149 e. The first-order valence-corrected chi connectivity index (χ1v) is 6.24. The summed E-state index contributed by atoms with van der Waals surface area (Å²) in [5.41, 5.74) is 8.61. The van der Waals surface area contributed by atoms with Crippen LogP contribution in [0.5, 0.6) is 0 Å². The minimum atomic E-state index is -0.566. The summed E-state index contributed by atoms with van der Waals surface area (Å²) in [6.45, 7) is 0. The number of hydrogen-bond donors (Lipinski definition) is 2. The summed E-state index contributed by atoms with van der Waals surface area (Å²) in [7, 11) is 0. The first-order valence-electron chi connectivity index (χ1n) is 6.24. The summed E-state index contributed by atoms with van der Waals surface area (Å²) >= 11 is 0. The Bertz CT molecular complexity index is 605. The van der Waals surface area contributed by atoms with E-state index in [4.69, 9.17) is 5.73 Å². The Morgan fingerprint density at radius 2 is 1.84 bits per heavy atom. The summed E-state index contributed by atoms with van der Waals surface area (Å²) < 4.78 is 27.2. The minimum absolute atomic E-state index is 0.0582. The molecule has 0 fully saturated rings. The van der Waals surface area contributed by atoms with Gasteiger partial charge in [0.25, 0.3) is 0 Å². The molecule has 2 aromatic rings. The summed E-state index contributed by atoms with van der Waals surface area (Å²) in [4.78, 5) is 0. The zero-order valence-corrected chi connectivity index (χ0v) is 10.3. The van der Waals surface area contributed by atoms with Crippen LogP contribution in [0, 0.1) is 11.6 Å². The van der Waals surface area contributed by atoms with Gasteiger partial charge >= 0.3 is 0 Å². The van der Waals surface area contributed by atoms with Crippen LogP contribution in [0.15, 0.2) is 36.4 Å². The molecule has 1 aliphatic rings. The standard InChI is InChI=1S/C15H14F2N2/c16-12-2-1-3-13(17)15(12)19-14-7-4-9-8-10(18)5-6-11(9)14/h1-3,5-6,8,14,19H,4,7,18H2. The van der Waals surface area contributed by atoms with E-state index in [0.717, 1.165) is 29.7 Å². The Morgan fingerprint density at radius 3 is 2.58 bits per heavy atom. The highest BCUT2D eigenvalue weighted by Gasteiger charge is 2.24. The van der Waals surface area contributed by atoms with Gasteiger partial charge in [-0.3, -0.25) is 0 Å². The molecule has 3 rings (SSSR count). The van der Waals surface area contributed by atoms with E-state index in [0.29, 0.717) is 0 Å². The van der Waals surface area contributed by atoms with Gasteiger partial charge in [-0.05, 0) is 48.2 Å². The van der Waals surface area contributed by atoms with Gasteiger partial charge in [-0.25, -0.2) is 8.78 Å². The number of anilines is 2. The third-order valence-electron chi connectivity index (χ3n) is 3.53. The smallest absolute Gasteiger partial charge is 0.149 e. The first-order chi connectivity index (χ1) is 9.15. The van der Waals surface area contributed by atoms with Crippen LogP contribution >= 0.6 is 0 Å². The molecule has 0 radical (unpaired) electrons. The van der Waals surface area contributed by atoms with Gasteiger partial charge in [0.2, 0.25) is 0 Å². The van der Waals surface area contributed by atoms with Crippen LogP contribution < -0.4 is 11.1 Å². The maximum absolute atomic E-state index is 13.6. The number of fused-ring (bicyclic) bond motifs is 1. The quantitative estimate of drug-likeness (QED) is 0.809. The maximum atomic E-state index is 13.6. The second-order valence-electron chi connectivity index (χ2n) is 4.79. The zero-order chi connectivity index (χ0) is 13.4. The lowest BCUT2D eigenvalue weighted by Crippen LogP contribution is -2.10. The molecule has 4 heteroatoms. The molecule has 0 aliphatic heterocycles. The summed E-state index contributed by atoms with van der Waals surface area (Å²) in [6, 6.07) is 9.47. The number of rotatable bonds is 2. The molecule has 0 spiro atoms. The van der Waals surface area contributed by atoms with Gasteiger partial charge < -0.3 is 11.1 Å². The van der Waals surface area contributed by atoms with E-state index in [2.05, 4.69) is 5.32 Å². The predicted octanol–water partition coefficient (Wildman–Crippen LogP) is 3.65. The van der Waals surface area contributed by atoms with Crippen molar-refractivity contribution in [3.8, 4) is 0 Å². The fourth-order valence-electron chi connectivity index (χ4n) is 2.60. The van der Waals surface area contributed by atoms with E-state index in [9.17, 15) is 8.78 Å². The molecule has 19 heavy (non-hydrogen) atoms. The Balaban J connectivity index is 1.91. The largest absolute Gasteiger partial charge is 0.399 e. The fraction of sp³-hybridized carbons (Fsp3) is 0.200. The third kappa shape index (κ3) is 2.14. The van der Waals surface area contributed by atoms with E-state index >= 15 is 0 Å². The molecular weight excluding hydrogens is 246 g/mol. The van der Waals surface area contributed by atoms with Gasteiger partial charge in [0, 0.05) is 5.69 Å². The lowest BCUT2D eigenvalue weighted by molar-refractivity contribution is 0.582. The van der Waals surface area contributed by atoms with Crippen LogP contribution in [0.3, 0.4) is 0 Å². The molecule has 2 nitrogen and oxygen atoms in total. The van der Waals surface area contributed by atoms with Crippen molar-refractivity contribution in [2.75, 3.05) is 11.1 Å². The number of benzene rings is 2. The fourth-order valence-corrected chi connectivity index (χ4v) is 2.60. The van der Waals surface area contributed by atoms with E-state index in [-0.39, 0.29) is 11.7 Å². The minimum Gasteiger partial charge on any atom is -0.399 e. The van der Waals surface area contributed by atoms with Crippen molar-refractivity contribution in [3.63, 3.8) is 0 Å². The van der Waals surface area contributed by atoms with E-state index < -0.39 is 11.6 Å². The van der Waals surface area contributed by atoms with Crippen LogP contribution in [0.25, 0.3) is 0 Å². The first kappa shape index (κ1) is 12.0. The molecule has 2 aromatic carbocycles. The molecule has 0 saturated heterocycles.